The Labute approximate surface area is 202 Å². The van der Waals surface area contributed by atoms with E-state index in [2.05, 4.69) is 9.97 Å². The molecule has 3 N–H and O–H groups in total. The van der Waals surface area contributed by atoms with Crippen LogP contribution in [0, 0.1) is 5.82 Å². The van der Waals surface area contributed by atoms with Crippen LogP contribution in [0.4, 0.5) is 10.3 Å². The predicted molar refractivity (Wildman–Crippen MR) is 128 cm³/mol. The van der Waals surface area contributed by atoms with Crippen LogP contribution in [0.1, 0.15) is 43.9 Å². The van der Waals surface area contributed by atoms with Gasteiger partial charge in [-0.1, -0.05) is 43.8 Å². The summed E-state index contributed by atoms with van der Waals surface area (Å²) >= 11 is 1.10. The highest BCUT2D eigenvalue weighted by atomic mass is 32.2. The van der Waals surface area contributed by atoms with Gasteiger partial charge in [-0.2, -0.15) is 0 Å². The summed E-state index contributed by atoms with van der Waals surface area (Å²) in [7, 11) is -2.32. The fourth-order valence-corrected chi connectivity index (χ4v) is 4.24. The van der Waals surface area contributed by atoms with Gasteiger partial charge in [0.2, 0.25) is 16.0 Å². The number of hydrogen-bond donors (Lipinski definition) is 3. The number of sulfonamides is 1. The summed E-state index contributed by atoms with van der Waals surface area (Å²) in [4.78, 5) is 20.1. The molecule has 1 heterocycles. The molecule has 1 aromatic heterocycles. The van der Waals surface area contributed by atoms with Crippen molar-refractivity contribution in [2.75, 3.05) is 17.6 Å². The van der Waals surface area contributed by atoms with Crippen molar-refractivity contribution in [2.45, 2.75) is 54.7 Å². The first kappa shape index (κ1) is 27.7. The number of carboxylic acid groups (broad SMARTS) is 1. The number of carbonyl (C=O) groups is 1. The Balaban J connectivity index is 2.55. The van der Waals surface area contributed by atoms with Gasteiger partial charge in [-0.3, -0.25) is 4.79 Å². The topological polar surface area (TPSA) is 141 Å². The second-order valence-corrected chi connectivity index (χ2v) is 11.1. The molecule has 0 radical (unpaired) electrons. The van der Waals surface area contributed by atoms with Crippen LogP contribution < -0.4 is 4.31 Å². The van der Waals surface area contributed by atoms with Crippen LogP contribution in [-0.4, -0.2) is 65.2 Å². The molecule has 0 saturated carbocycles. The second-order valence-electron chi connectivity index (χ2n) is 7.99. The number of hydrogen-bond acceptors (Lipinski definition) is 8. The highest BCUT2D eigenvalue weighted by Gasteiger charge is 2.22. The molecule has 0 spiro atoms. The van der Waals surface area contributed by atoms with Gasteiger partial charge >= 0.3 is 5.97 Å². The molecule has 0 saturated heterocycles. The Hall–Kier alpha value is -2.54. The summed E-state index contributed by atoms with van der Waals surface area (Å²) in [6.45, 7) is 3.71. The maximum atomic E-state index is 13.8. The van der Waals surface area contributed by atoms with E-state index in [-0.39, 0.29) is 18.3 Å². The lowest BCUT2D eigenvalue weighted by Crippen LogP contribution is -2.27. The highest BCUT2D eigenvalue weighted by molar-refractivity contribution is 7.99. The third kappa shape index (κ3) is 8.05. The van der Waals surface area contributed by atoms with Gasteiger partial charge in [0.1, 0.15) is 10.8 Å². The van der Waals surface area contributed by atoms with E-state index < -0.39 is 40.4 Å². The van der Waals surface area contributed by atoms with Gasteiger partial charge < -0.3 is 15.3 Å². The fraction of sp³-hybridized carbons (Fsp3) is 0.409. The van der Waals surface area contributed by atoms with E-state index >= 15 is 0 Å². The fourth-order valence-electron chi connectivity index (χ4n) is 2.91. The Morgan fingerprint density at radius 3 is 2.50 bits per heavy atom. The number of benzene rings is 1. The summed E-state index contributed by atoms with van der Waals surface area (Å²) in [5, 5.41) is 29.2. The van der Waals surface area contributed by atoms with E-state index in [1.54, 1.807) is 12.1 Å². The monoisotopic (exact) mass is 513 g/mol. The first-order valence-electron chi connectivity index (χ1n) is 10.3. The number of rotatable bonds is 11. The molecule has 0 aliphatic rings. The summed E-state index contributed by atoms with van der Waals surface area (Å²) < 4.78 is 38.9. The van der Waals surface area contributed by atoms with Crippen molar-refractivity contribution in [3.8, 4) is 0 Å². The third-order valence-electron chi connectivity index (χ3n) is 4.67. The van der Waals surface area contributed by atoms with Crippen LogP contribution in [-0.2, 0) is 14.8 Å². The van der Waals surface area contributed by atoms with Gasteiger partial charge in [0.15, 0.2) is 0 Å². The van der Waals surface area contributed by atoms with E-state index in [1.165, 1.54) is 31.3 Å². The largest absolute Gasteiger partial charge is 0.481 e. The second kappa shape index (κ2) is 11.7. The van der Waals surface area contributed by atoms with Crippen LogP contribution in [0.15, 0.2) is 40.3 Å². The molecule has 0 bridgehead atoms. The van der Waals surface area contributed by atoms with Crippen molar-refractivity contribution in [1.29, 1.82) is 0 Å². The first-order chi connectivity index (χ1) is 15.8. The molecule has 12 heteroatoms. The van der Waals surface area contributed by atoms with Crippen LogP contribution in [0.25, 0.3) is 6.08 Å². The smallest absolute Gasteiger partial charge is 0.305 e. The molecule has 0 unspecified atom stereocenters. The number of aromatic nitrogens is 2. The average Bonchev–Trinajstić information content (AvgIpc) is 2.70. The Morgan fingerprint density at radius 1 is 1.26 bits per heavy atom. The predicted octanol–water partition coefficient (Wildman–Crippen LogP) is 2.89. The number of halogens is 1. The van der Waals surface area contributed by atoms with E-state index in [0.29, 0.717) is 21.2 Å². The number of anilines is 1. The van der Waals surface area contributed by atoms with Gasteiger partial charge in [-0.25, -0.2) is 27.1 Å². The summed E-state index contributed by atoms with van der Waals surface area (Å²) in [5.74, 6) is -1.86. The van der Waals surface area contributed by atoms with Crippen molar-refractivity contribution in [3.05, 3.63) is 47.4 Å². The maximum absolute atomic E-state index is 13.8. The molecule has 2 aromatic rings. The number of aliphatic carboxylic acids is 1. The number of carboxylic acids is 1. The molecule has 9 nitrogen and oxygen atoms in total. The minimum atomic E-state index is -3.65. The van der Waals surface area contributed by atoms with Crippen LogP contribution in [0.3, 0.4) is 0 Å². The zero-order valence-electron chi connectivity index (χ0n) is 19.2. The first-order valence-corrected chi connectivity index (χ1v) is 13.0. The van der Waals surface area contributed by atoms with Crippen molar-refractivity contribution in [3.63, 3.8) is 0 Å². The molecule has 0 fully saturated rings. The molecule has 1 aromatic carbocycles. The molecule has 186 valence electrons. The standard InChI is InChI=1S/C22H28FN3O6S2/c1-13(2)20-18(9-8-15(27)11-16(28)12-19(29)30)21(33-17-7-5-6-14(23)10-17)25-22(24-20)26(3)34(4,31)32/h5-10,13,15-16,27-28H,11-12H2,1-4H3,(H,29,30)/b9-8+/t15-,16-/m1/s1. The zero-order chi connectivity index (χ0) is 25.6. The minimum absolute atomic E-state index is 0.0559. The maximum Gasteiger partial charge on any atom is 0.305 e. The Bertz CT molecular complexity index is 1160. The lowest BCUT2D eigenvalue weighted by molar-refractivity contribution is -0.139. The lowest BCUT2D eigenvalue weighted by Gasteiger charge is -2.20. The van der Waals surface area contributed by atoms with E-state index in [0.717, 1.165) is 22.3 Å². The van der Waals surface area contributed by atoms with Crippen molar-refractivity contribution < 1.29 is 32.9 Å². The van der Waals surface area contributed by atoms with Gasteiger partial charge in [0.05, 0.1) is 30.6 Å². The number of nitrogens with zero attached hydrogens (tertiary/aromatic N) is 3. The normalized spacial score (nSPS) is 13.9. The molecule has 34 heavy (non-hydrogen) atoms. The number of aliphatic hydroxyl groups is 2. The molecule has 0 aliphatic heterocycles. The number of aliphatic hydroxyl groups excluding tert-OH is 2. The van der Waals surface area contributed by atoms with Crippen molar-refractivity contribution in [2.24, 2.45) is 0 Å². The van der Waals surface area contributed by atoms with Crippen molar-refractivity contribution in [1.82, 2.24) is 9.97 Å². The molecular weight excluding hydrogens is 485 g/mol. The summed E-state index contributed by atoms with van der Waals surface area (Å²) in [6, 6.07) is 5.82. The molecule has 0 aliphatic carbocycles. The van der Waals surface area contributed by atoms with E-state index in [4.69, 9.17) is 5.11 Å². The van der Waals surface area contributed by atoms with Crippen LogP contribution in [0.5, 0.6) is 0 Å². The molecular formula is C22H28FN3O6S2. The lowest BCUT2D eigenvalue weighted by atomic mass is 10.0. The van der Waals surface area contributed by atoms with E-state index in [1.807, 2.05) is 13.8 Å². The zero-order valence-corrected chi connectivity index (χ0v) is 20.8. The van der Waals surface area contributed by atoms with E-state index in [9.17, 15) is 27.8 Å². The highest BCUT2D eigenvalue weighted by Crippen LogP contribution is 2.35. The van der Waals surface area contributed by atoms with Gasteiger partial charge in [0, 0.05) is 23.9 Å². The van der Waals surface area contributed by atoms with Gasteiger partial charge in [-0.15, -0.1) is 0 Å². The van der Waals surface area contributed by atoms with Crippen LogP contribution >= 0.6 is 11.8 Å². The SMILES string of the molecule is CC(C)c1nc(N(C)S(C)(=O)=O)nc(Sc2cccc(F)c2)c1/C=C/[C@@H](O)C[C@@H](O)CC(=O)O. The quantitative estimate of drug-likeness (QED) is 0.387. The van der Waals surface area contributed by atoms with Gasteiger partial charge in [0.25, 0.3) is 0 Å². The van der Waals surface area contributed by atoms with Crippen molar-refractivity contribution >= 4 is 39.8 Å². The molecule has 2 rings (SSSR count). The Kier molecular flexibility index (Phi) is 9.56. The minimum Gasteiger partial charge on any atom is -0.481 e. The molecule has 2 atom stereocenters. The van der Waals surface area contributed by atoms with Gasteiger partial charge in [-0.05, 0) is 24.1 Å². The summed E-state index contributed by atoms with van der Waals surface area (Å²) in [5.41, 5.74) is 0.982. The molecule has 0 amide bonds. The summed E-state index contributed by atoms with van der Waals surface area (Å²) in [6.07, 6.45) is 0.868. The Morgan fingerprint density at radius 2 is 1.94 bits per heavy atom. The average molecular weight is 514 g/mol. The van der Waals surface area contributed by atoms with Crippen LogP contribution in [0.2, 0.25) is 0 Å². The third-order valence-corrected chi connectivity index (χ3v) is 6.83.